The molecule has 1 aromatic rings. The summed E-state index contributed by atoms with van der Waals surface area (Å²) in [6.07, 6.45) is 1.41. The van der Waals surface area contributed by atoms with E-state index in [1.54, 1.807) is 12.1 Å². The molecule has 1 aliphatic heterocycles. The highest BCUT2D eigenvalue weighted by molar-refractivity contribution is 14.0. The Morgan fingerprint density at radius 3 is 2.52 bits per heavy atom. The summed E-state index contributed by atoms with van der Waals surface area (Å²) >= 11 is 0. The quantitative estimate of drug-likeness (QED) is 0.301. The van der Waals surface area contributed by atoms with Gasteiger partial charge in [-0.3, -0.25) is 4.79 Å². The molecule has 1 heterocycles. The minimum Gasteiger partial charge on any atom is -0.357 e. The molecule has 2 rings (SSSR count). The number of rotatable bonds is 6. The van der Waals surface area contributed by atoms with Crippen molar-refractivity contribution < 1.29 is 13.2 Å². The van der Waals surface area contributed by atoms with Crippen LogP contribution in [0.3, 0.4) is 0 Å². The first-order valence-corrected chi connectivity index (χ1v) is 10.3. The Morgan fingerprint density at radius 1 is 1.30 bits per heavy atom. The van der Waals surface area contributed by atoms with E-state index in [4.69, 9.17) is 5.14 Å². The van der Waals surface area contributed by atoms with Crippen LogP contribution in [0.1, 0.15) is 32.3 Å². The van der Waals surface area contributed by atoms with Crippen LogP contribution in [0.5, 0.6) is 0 Å². The highest BCUT2D eigenvalue weighted by Crippen LogP contribution is 2.11. The second-order valence-corrected chi connectivity index (χ2v) is 7.77. The molecule has 1 aromatic carbocycles. The Bertz CT molecular complexity index is 752. The van der Waals surface area contributed by atoms with Gasteiger partial charge in [-0.1, -0.05) is 19.1 Å². The number of benzene rings is 1. The molecule has 0 radical (unpaired) electrons. The van der Waals surface area contributed by atoms with Gasteiger partial charge in [-0.15, -0.1) is 24.0 Å². The first-order valence-electron chi connectivity index (χ1n) is 8.77. The van der Waals surface area contributed by atoms with Gasteiger partial charge < -0.3 is 15.5 Å². The van der Waals surface area contributed by atoms with Crippen LogP contribution in [0.2, 0.25) is 0 Å². The highest BCUT2D eigenvalue weighted by Gasteiger charge is 2.25. The predicted molar refractivity (Wildman–Crippen MR) is 116 cm³/mol. The summed E-state index contributed by atoms with van der Waals surface area (Å²) in [6, 6.07) is 6.53. The molecule has 27 heavy (non-hydrogen) atoms. The molecule has 0 aromatic heterocycles. The fraction of sp³-hybridized carbons (Fsp3) is 0.529. The van der Waals surface area contributed by atoms with Gasteiger partial charge in [0.1, 0.15) is 0 Å². The molecule has 8 nitrogen and oxygen atoms in total. The zero-order valence-electron chi connectivity index (χ0n) is 15.6. The normalized spacial score (nSPS) is 17.4. The number of carbonyl (C=O) groups excluding carboxylic acids is 1. The van der Waals surface area contributed by atoms with Crippen molar-refractivity contribution in [3.63, 3.8) is 0 Å². The van der Waals surface area contributed by atoms with Crippen LogP contribution in [-0.4, -0.2) is 50.9 Å². The number of nitrogens with two attached hydrogens (primary N) is 1. The fourth-order valence-electron chi connectivity index (χ4n) is 2.80. The summed E-state index contributed by atoms with van der Waals surface area (Å²) in [7, 11) is -3.68. The van der Waals surface area contributed by atoms with Crippen LogP contribution in [-0.2, 0) is 21.4 Å². The Hall–Kier alpha value is -1.40. The molecule has 1 unspecified atom stereocenters. The van der Waals surface area contributed by atoms with E-state index in [9.17, 15) is 13.2 Å². The summed E-state index contributed by atoms with van der Waals surface area (Å²) in [5.74, 6) is 0.852. The lowest BCUT2D eigenvalue weighted by Gasteiger charge is -2.18. The molecule has 1 amide bonds. The third-order valence-corrected chi connectivity index (χ3v) is 5.13. The van der Waals surface area contributed by atoms with Gasteiger partial charge in [0.05, 0.1) is 11.4 Å². The lowest BCUT2D eigenvalue weighted by molar-refractivity contribution is -0.129. The van der Waals surface area contributed by atoms with Crippen molar-refractivity contribution in [2.45, 2.75) is 44.2 Å². The monoisotopic (exact) mass is 509 g/mol. The van der Waals surface area contributed by atoms with Crippen molar-refractivity contribution in [1.29, 1.82) is 0 Å². The number of carbonyl (C=O) groups is 1. The van der Waals surface area contributed by atoms with E-state index < -0.39 is 10.0 Å². The number of nitrogens with one attached hydrogen (secondary N) is 2. The molecule has 0 saturated carbocycles. The smallest absolute Gasteiger partial charge is 0.238 e. The average molecular weight is 509 g/mol. The van der Waals surface area contributed by atoms with Crippen molar-refractivity contribution in [2.24, 2.45) is 10.1 Å². The molecule has 0 bridgehead atoms. The van der Waals surface area contributed by atoms with Crippen molar-refractivity contribution in [1.82, 2.24) is 15.5 Å². The maximum atomic E-state index is 11.8. The molecule has 4 N–H and O–H groups in total. The van der Waals surface area contributed by atoms with E-state index in [0.717, 1.165) is 25.1 Å². The van der Waals surface area contributed by atoms with Crippen LogP contribution in [0.15, 0.2) is 34.2 Å². The molecule has 10 heteroatoms. The minimum atomic E-state index is -3.68. The van der Waals surface area contributed by atoms with Crippen molar-refractivity contribution in [2.75, 3.05) is 19.6 Å². The standard InChI is InChI=1S/C17H27N5O3S.HI/c1-3-16(23)22-10-9-14(12-22)21-17(19-4-2)20-11-13-5-7-15(8-6-13)26(18,24)25;/h5-8,14H,3-4,9-12H2,1-2H3,(H2,18,24,25)(H2,19,20,21);1H. The van der Waals surface area contributed by atoms with Gasteiger partial charge in [0.25, 0.3) is 0 Å². The Morgan fingerprint density at radius 2 is 1.96 bits per heavy atom. The zero-order valence-corrected chi connectivity index (χ0v) is 18.8. The molecule has 1 saturated heterocycles. The third kappa shape index (κ3) is 7.26. The number of aliphatic imine (C=N–C) groups is 1. The van der Waals surface area contributed by atoms with Gasteiger partial charge in [0.15, 0.2) is 5.96 Å². The molecular weight excluding hydrogens is 481 g/mol. The predicted octanol–water partition coefficient (Wildman–Crippen LogP) is 1.02. The summed E-state index contributed by atoms with van der Waals surface area (Å²) in [5, 5.41) is 11.7. The molecular formula is C17H28IN5O3S. The number of hydrogen-bond donors (Lipinski definition) is 3. The molecule has 152 valence electrons. The SMILES string of the molecule is CCNC(=NCc1ccc(S(N)(=O)=O)cc1)NC1CCN(C(=O)CC)C1.I. The van der Waals surface area contributed by atoms with Gasteiger partial charge in [-0.25, -0.2) is 18.5 Å². The number of likely N-dealkylation sites (tertiary alicyclic amines) is 1. The number of amides is 1. The van der Waals surface area contributed by atoms with Crippen LogP contribution in [0.4, 0.5) is 0 Å². The number of nitrogens with zero attached hydrogens (tertiary/aromatic N) is 2. The van der Waals surface area contributed by atoms with E-state index in [0.29, 0.717) is 25.5 Å². The number of guanidine groups is 1. The van der Waals surface area contributed by atoms with Crippen LogP contribution < -0.4 is 15.8 Å². The summed E-state index contributed by atoms with van der Waals surface area (Å²) in [4.78, 5) is 18.3. The summed E-state index contributed by atoms with van der Waals surface area (Å²) < 4.78 is 22.6. The third-order valence-electron chi connectivity index (χ3n) is 4.20. The second kappa shape index (κ2) is 10.8. The second-order valence-electron chi connectivity index (χ2n) is 6.21. The van der Waals surface area contributed by atoms with E-state index >= 15 is 0 Å². The summed E-state index contributed by atoms with van der Waals surface area (Å²) in [6.45, 7) is 6.43. The van der Waals surface area contributed by atoms with Gasteiger partial charge in [-0.05, 0) is 31.0 Å². The lowest BCUT2D eigenvalue weighted by Crippen LogP contribution is -2.45. The Labute approximate surface area is 178 Å². The largest absolute Gasteiger partial charge is 0.357 e. The van der Waals surface area contributed by atoms with Crippen molar-refractivity contribution in [3.8, 4) is 0 Å². The molecule has 1 aliphatic rings. The first kappa shape index (κ1) is 23.6. The average Bonchev–Trinajstić information content (AvgIpc) is 3.07. The lowest BCUT2D eigenvalue weighted by atomic mass is 10.2. The van der Waals surface area contributed by atoms with E-state index in [1.807, 2.05) is 18.7 Å². The first-order chi connectivity index (χ1) is 12.3. The van der Waals surface area contributed by atoms with Gasteiger partial charge in [0.2, 0.25) is 15.9 Å². The fourth-order valence-corrected chi connectivity index (χ4v) is 3.31. The maximum Gasteiger partial charge on any atom is 0.238 e. The van der Waals surface area contributed by atoms with Crippen molar-refractivity contribution in [3.05, 3.63) is 29.8 Å². The number of sulfonamides is 1. The van der Waals surface area contributed by atoms with Crippen molar-refractivity contribution >= 4 is 45.9 Å². The maximum absolute atomic E-state index is 11.8. The summed E-state index contributed by atoms with van der Waals surface area (Å²) in [5.41, 5.74) is 0.879. The number of hydrogen-bond acceptors (Lipinski definition) is 4. The number of primary sulfonamides is 1. The van der Waals surface area contributed by atoms with Gasteiger partial charge in [-0.2, -0.15) is 0 Å². The molecule has 0 spiro atoms. The van der Waals surface area contributed by atoms with E-state index in [1.165, 1.54) is 12.1 Å². The number of halogens is 1. The zero-order chi connectivity index (χ0) is 19.2. The minimum absolute atomic E-state index is 0. The van der Waals surface area contributed by atoms with Crippen LogP contribution in [0.25, 0.3) is 0 Å². The van der Waals surface area contributed by atoms with Crippen LogP contribution in [0, 0.1) is 0 Å². The molecule has 1 fully saturated rings. The van der Waals surface area contributed by atoms with Gasteiger partial charge in [0, 0.05) is 32.1 Å². The molecule has 0 aliphatic carbocycles. The van der Waals surface area contributed by atoms with E-state index in [2.05, 4.69) is 15.6 Å². The topological polar surface area (TPSA) is 117 Å². The Kier molecular flexibility index (Phi) is 9.47. The highest BCUT2D eigenvalue weighted by atomic mass is 127. The van der Waals surface area contributed by atoms with Gasteiger partial charge >= 0.3 is 0 Å². The Balaban J connectivity index is 0.00000364. The van der Waals surface area contributed by atoms with Crippen LogP contribution >= 0.6 is 24.0 Å². The molecule has 1 atom stereocenters. The van der Waals surface area contributed by atoms with E-state index in [-0.39, 0.29) is 40.8 Å².